The van der Waals surface area contributed by atoms with Crippen molar-refractivity contribution in [3.05, 3.63) is 81.8 Å². The number of benzene rings is 3. The molecule has 0 spiro atoms. The van der Waals surface area contributed by atoms with Crippen molar-refractivity contribution in [2.45, 2.75) is 6.42 Å². The normalized spacial score (nSPS) is 13.0. The van der Waals surface area contributed by atoms with Crippen molar-refractivity contribution in [1.29, 1.82) is 0 Å². The molecule has 0 heterocycles. The van der Waals surface area contributed by atoms with E-state index in [-0.39, 0.29) is 0 Å². The minimum absolute atomic E-state index is 0.860. The maximum atomic E-state index is 5.77. The first-order chi connectivity index (χ1) is 10.8. The quantitative estimate of drug-likeness (QED) is 0.590. The maximum absolute atomic E-state index is 5.77. The SMILES string of the molecule is COC1=C(Cc2ccccc2Br)c2cccc3cccc1c23. The zero-order valence-corrected chi connectivity index (χ0v) is 13.9. The van der Waals surface area contributed by atoms with Gasteiger partial charge in [0.25, 0.3) is 0 Å². The lowest BCUT2D eigenvalue weighted by Gasteiger charge is -2.10. The molecule has 0 aliphatic heterocycles. The van der Waals surface area contributed by atoms with Crippen molar-refractivity contribution >= 4 is 38.0 Å². The smallest absolute Gasteiger partial charge is 0.130 e. The number of hydrogen-bond donors (Lipinski definition) is 0. The highest BCUT2D eigenvalue weighted by molar-refractivity contribution is 9.10. The summed E-state index contributed by atoms with van der Waals surface area (Å²) >= 11 is 3.65. The Morgan fingerprint density at radius 1 is 0.864 bits per heavy atom. The molecule has 0 amide bonds. The van der Waals surface area contributed by atoms with Crippen LogP contribution in [0.3, 0.4) is 0 Å². The molecule has 1 nitrogen and oxygen atoms in total. The summed E-state index contributed by atoms with van der Waals surface area (Å²) in [4.78, 5) is 0. The summed E-state index contributed by atoms with van der Waals surface area (Å²) in [5.74, 6) is 1.00. The van der Waals surface area contributed by atoms with E-state index < -0.39 is 0 Å². The molecule has 0 atom stereocenters. The first-order valence-corrected chi connectivity index (χ1v) is 8.12. The summed E-state index contributed by atoms with van der Waals surface area (Å²) < 4.78 is 6.91. The average Bonchev–Trinajstić information content (AvgIpc) is 2.85. The topological polar surface area (TPSA) is 9.23 Å². The fourth-order valence-electron chi connectivity index (χ4n) is 3.31. The Bertz CT molecular complexity index is 903. The van der Waals surface area contributed by atoms with E-state index in [2.05, 4.69) is 70.5 Å². The highest BCUT2D eigenvalue weighted by atomic mass is 79.9. The van der Waals surface area contributed by atoms with E-state index in [9.17, 15) is 0 Å². The molecule has 4 rings (SSSR count). The lowest BCUT2D eigenvalue weighted by Crippen LogP contribution is -1.93. The highest BCUT2D eigenvalue weighted by Crippen LogP contribution is 2.44. The summed E-state index contributed by atoms with van der Waals surface area (Å²) in [6.07, 6.45) is 0.860. The van der Waals surface area contributed by atoms with Gasteiger partial charge in [0.1, 0.15) is 5.76 Å². The zero-order valence-electron chi connectivity index (χ0n) is 12.3. The summed E-state index contributed by atoms with van der Waals surface area (Å²) in [5, 5.41) is 2.58. The van der Waals surface area contributed by atoms with Crippen molar-refractivity contribution in [2.75, 3.05) is 7.11 Å². The Kier molecular flexibility index (Phi) is 3.27. The van der Waals surface area contributed by atoms with Crippen molar-refractivity contribution in [3.63, 3.8) is 0 Å². The second-order valence-corrected chi connectivity index (χ2v) is 6.34. The minimum atomic E-state index is 0.860. The van der Waals surface area contributed by atoms with Gasteiger partial charge in [-0.25, -0.2) is 0 Å². The number of rotatable bonds is 3. The Morgan fingerprint density at radius 3 is 2.32 bits per heavy atom. The molecule has 0 bridgehead atoms. The maximum Gasteiger partial charge on any atom is 0.130 e. The summed E-state index contributed by atoms with van der Waals surface area (Å²) in [7, 11) is 1.76. The molecule has 0 N–H and O–H groups in total. The van der Waals surface area contributed by atoms with E-state index in [1.54, 1.807) is 7.11 Å². The van der Waals surface area contributed by atoms with Gasteiger partial charge < -0.3 is 4.74 Å². The van der Waals surface area contributed by atoms with E-state index in [0.29, 0.717) is 0 Å². The van der Waals surface area contributed by atoms with Gasteiger partial charge in [0, 0.05) is 27.4 Å². The van der Waals surface area contributed by atoms with Gasteiger partial charge in [-0.3, -0.25) is 0 Å². The van der Waals surface area contributed by atoms with Crippen LogP contribution in [0.5, 0.6) is 0 Å². The Labute approximate surface area is 138 Å². The molecule has 22 heavy (non-hydrogen) atoms. The van der Waals surface area contributed by atoms with Gasteiger partial charge in [0.2, 0.25) is 0 Å². The van der Waals surface area contributed by atoms with Crippen LogP contribution in [0.15, 0.2) is 65.1 Å². The third kappa shape index (κ3) is 1.98. The van der Waals surface area contributed by atoms with Crippen LogP contribution in [0.1, 0.15) is 16.7 Å². The van der Waals surface area contributed by atoms with Gasteiger partial charge in [0.05, 0.1) is 7.11 Å². The molecule has 3 aromatic rings. The highest BCUT2D eigenvalue weighted by Gasteiger charge is 2.25. The van der Waals surface area contributed by atoms with E-state index in [0.717, 1.165) is 16.7 Å². The van der Waals surface area contributed by atoms with Crippen molar-refractivity contribution in [3.8, 4) is 0 Å². The van der Waals surface area contributed by atoms with Crippen molar-refractivity contribution in [2.24, 2.45) is 0 Å². The van der Waals surface area contributed by atoms with Crippen LogP contribution in [0, 0.1) is 0 Å². The third-order valence-corrected chi connectivity index (χ3v) is 5.05. The summed E-state index contributed by atoms with van der Waals surface area (Å²) in [6, 6.07) is 21.3. The van der Waals surface area contributed by atoms with E-state index >= 15 is 0 Å². The van der Waals surface area contributed by atoms with Crippen molar-refractivity contribution in [1.82, 2.24) is 0 Å². The Balaban J connectivity index is 1.92. The number of halogens is 1. The molecule has 0 radical (unpaired) electrons. The number of allylic oxidation sites excluding steroid dienone is 1. The molecule has 0 unspecified atom stereocenters. The van der Waals surface area contributed by atoms with Gasteiger partial charge in [-0.05, 0) is 22.6 Å². The van der Waals surface area contributed by atoms with E-state index in [1.165, 1.54) is 33.0 Å². The van der Waals surface area contributed by atoms with Crippen LogP contribution in [0.2, 0.25) is 0 Å². The molecule has 0 saturated carbocycles. The molecule has 3 aromatic carbocycles. The molecular weight excluding hydrogens is 336 g/mol. The second kappa shape index (κ2) is 5.29. The van der Waals surface area contributed by atoms with Crippen LogP contribution in [0.25, 0.3) is 22.1 Å². The number of ether oxygens (including phenoxy) is 1. The average molecular weight is 351 g/mol. The van der Waals surface area contributed by atoms with Crippen LogP contribution in [0.4, 0.5) is 0 Å². The van der Waals surface area contributed by atoms with E-state index in [1.807, 2.05) is 6.07 Å². The summed E-state index contributed by atoms with van der Waals surface area (Å²) in [5.41, 5.74) is 5.04. The van der Waals surface area contributed by atoms with Crippen LogP contribution >= 0.6 is 15.9 Å². The molecule has 1 aliphatic rings. The van der Waals surface area contributed by atoms with Crippen LogP contribution < -0.4 is 0 Å². The number of methoxy groups -OCH3 is 1. The van der Waals surface area contributed by atoms with Crippen LogP contribution in [-0.4, -0.2) is 7.11 Å². The fourth-order valence-corrected chi connectivity index (χ4v) is 3.73. The largest absolute Gasteiger partial charge is 0.496 e. The van der Waals surface area contributed by atoms with Gasteiger partial charge in [0.15, 0.2) is 0 Å². The predicted molar refractivity (Wildman–Crippen MR) is 95.6 cm³/mol. The standard InChI is InChI=1S/C20H15BrO/c1-22-20-16-10-5-8-13-7-4-9-15(19(13)16)17(20)12-14-6-2-3-11-18(14)21/h2-11H,12H2,1H3. The molecule has 0 saturated heterocycles. The fraction of sp³-hybridized carbons (Fsp3) is 0.100. The molecular formula is C20H15BrO. The van der Waals surface area contributed by atoms with Crippen LogP contribution in [-0.2, 0) is 11.2 Å². The first kappa shape index (κ1) is 13.6. The van der Waals surface area contributed by atoms with Gasteiger partial charge >= 0.3 is 0 Å². The molecule has 2 heteroatoms. The Morgan fingerprint density at radius 2 is 1.59 bits per heavy atom. The predicted octanol–water partition coefficient (Wildman–Crippen LogP) is 5.67. The first-order valence-electron chi connectivity index (χ1n) is 7.32. The second-order valence-electron chi connectivity index (χ2n) is 5.49. The van der Waals surface area contributed by atoms with Crippen molar-refractivity contribution < 1.29 is 4.74 Å². The lowest BCUT2D eigenvalue weighted by molar-refractivity contribution is 0.372. The zero-order chi connectivity index (χ0) is 15.1. The molecule has 108 valence electrons. The molecule has 1 aliphatic carbocycles. The molecule has 0 fully saturated rings. The number of hydrogen-bond acceptors (Lipinski definition) is 1. The van der Waals surface area contributed by atoms with E-state index in [4.69, 9.17) is 4.74 Å². The van der Waals surface area contributed by atoms with Gasteiger partial charge in [-0.15, -0.1) is 0 Å². The Hall–Kier alpha value is -2.06. The monoisotopic (exact) mass is 350 g/mol. The van der Waals surface area contributed by atoms with Gasteiger partial charge in [-0.2, -0.15) is 0 Å². The van der Waals surface area contributed by atoms with Gasteiger partial charge in [-0.1, -0.05) is 70.5 Å². The lowest BCUT2D eigenvalue weighted by atomic mass is 9.98. The minimum Gasteiger partial charge on any atom is -0.496 e. The molecule has 0 aromatic heterocycles. The summed E-state index contributed by atoms with van der Waals surface area (Å²) in [6.45, 7) is 0. The third-order valence-electron chi connectivity index (χ3n) is 4.28.